The van der Waals surface area contributed by atoms with Crippen LogP contribution in [0.1, 0.15) is 48.0 Å². The lowest BCUT2D eigenvalue weighted by Gasteiger charge is -2.36. The molecule has 0 saturated carbocycles. The Hall–Kier alpha value is -0.660. The smallest absolute Gasteiger partial charge is 0.304 e. The van der Waals surface area contributed by atoms with Gasteiger partial charge in [-0.25, -0.2) is 0 Å². The molecule has 0 bridgehead atoms. The number of rotatable bonds is 5. The van der Waals surface area contributed by atoms with Crippen LogP contribution < -0.4 is 4.72 Å². The molecule has 0 radical (unpaired) electrons. The lowest BCUT2D eigenvalue weighted by molar-refractivity contribution is -0.137. The Labute approximate surface area is 110 Å². The molecule has 0 aliphatic carbocycles. The van der Waals surface area contributed by atoms with Crippen molar-refractivity contribution in [3.63, 3.8) is 0 Å². The van der Waals surface area contributed by atoms with Crippen molar-refractivity contribution in [3.8, 4) is 0 Å². The van der Waals surface area contributed by atoms with E-state index >= 15 is 0 Å². The third kappa shape index (κ3) is 6.32. The van der Waals surface area contributed by atoms with Gasteiger partial charge in [0, 0.05) is 17.6 Å². The number of aliphatic carboxylic acids is 1. The van der Waals surface area contributed by atoms with E-state index in [2.05, 4.69) is 4.72 Å². The highest BCUT2D eigenvalue weighted by atomic mass is 32.2. The fourth-order valence-electron chi connectivity index (χ4n) is 1.46. The average Bonchev–Trinajstić information content (AvgIpc) is 1.93. The average molecular weight is 280 g/mol. The quantitative estimate of drug-likeness (QED) is 0.792. The van der Waals surface area contributed by atoms with Crippen LogP contribution in [-0.2, 0) is 15.0 Å². The van der Waals surface area contributed by atoms with Gasteiger partial charge in [-0.1, -0.05) is 0 Å². The molecule has 2 N–H and O–H groups in total. The molecule has 0 fully saturated rings. The standard InChI is InChI=1S/C11H24N2O4S/c1-10(2,3)12-18(16,17)13(11(4,5)6)8-7-9(14)15/h12H,7-8H2,1-6H3,(H,14,15). The summed E-state index contributed by atoms with van der Waals surface area (Å²) in [7, 11) is -3.71. The van der Waals surface area contributed by atoms with Crippen LogP contribution in [0.2, 0.25) is 0 Å². The third-order valence-electron chi connectivity index (χ3n) is 2.00. The first-order valence-electron chi connectivity index (χ1n) is 5.79. The number of hydrogen-bond acceptors (Lipinski definition) is 3. The van der Waals surface area contributed by atoms with E-state index in [9.17, 15) is 13.2 Å². The highest BCUT2D eigenvalue weighted by molar-refractivity contribution is 7.87. The Kier molecular flexibility index (Phi) is 5.34. The molecule has 6 nitrogen and oxygen atoms in total. The highest BCUT2D eigenvalue weighted by Crippen LogP contribution is 2.19. The molecule has 0 spiro atoms. The minimum atomic E-state index is -3.71. The number of nitrogens with zero attached hydrogens (tertiary/aromatic N) is 1. The van der Waals surface area contributed by atoms with Gasteiger partial charge < -0.3 is 5.11 Å². The molecule has 18 heavy (non-hydrogen) atoms. The molecule has 7 heteroatoms. The Morgan fingerprint density at radius 1 is 1.17 bits per heavy atom. The van der Waals surface area contributed by atoms with E-state index < -0.39 is 27.3 Å². The topological polar surface area (TPSA) is 86.7 Å². The van der Waals surface area contributed by atoms with Crippen molar-refractivity contribution in [2.45, 2.75) is 59.0 Å². The molecule has 0 aromatic carbocycles. The van der Waals surface area contributed by atoms with Crippen molar-refractivity contribution in [3.05, 3.63) is 0 Å². The van der Waals surface area contributed by atoms with E-state index in [0.29, 0.717) is 0 Å². The number of nitrogens with one attached hydrogen (secondary N) is 1. The van der Waals surface area contributed by atoms with Crippen molar-refractivity contribution in [1.82, 2.24) is 9.03 Å². The molecule has 0 aromatic rings. The molecule has 108 valence electrons. The van der Waals surface area contributed by atoms with Gasteiger partial charge in [0.15, 0.2) is 0 Å². The van der Waals surface area contributed by atoms with Gasteiger partial charge >= 0.3 is 5.97 Å². The SMILES string of the molecule is CC(C)(C)NS(=O)(=O)N(CCC(=O)O)C(C)(C)C. The summed E-state index contributed by atoms with van der Waals surface area (Å²) in [6.07, 6.45) is -0.220. The molecule has 0 amide bonds. The Balaban J connectivity index is 5.14. The zero-order chi connectivity index (χ0) is 14.8. The van der Waals surface area contributed by atoms with Crippen molar-refractivity contribution in [2.75, 3.05) is 6.54 Å². The predicted molar refractivity (Wildman–Crippen MR) is 70.5 cm³/mol. The van der Waals surface area contributed by atoms with Crippen LogP contribution in [0.4, 0.5) is 0 Å². The fraction of sp³-hybridized carbons (Fsp3) is 0.909. The monoisotopic (exact) mass is 280 g/mol. The number of carbonyl (C=O) groups is 1. The van der Waals surface area contributed by atoms with Crippen molar-refractivity contribution in [2.24, 2.45) is 0 Å². The highest BCUT2D eigenvalue weighted by Gasteiger charge is 2.35. The van der Waals surface area contributed by atoms with Gasteiger partial charge in [-0.2, -0.15) is 17.4 Å². The van der Waals surface area contributed by atoms with E-state index in [0.717, 1.165) is 0 Å². The van der Waals surface area contributed by atoms with Crippen LogP contribution in [0.25, 0.3) is 0 Å². The van der Waals surface area contributed by atoms with Gasteiger partial charge in [0.1, 0.15) is 0 Å². The van der Waals surface area contributed by atoms with Crippen molar-refractivity contribution < 1.29 is 18.3 Å². The first kappa shape index (κ1) is 17.3. The third-order valence-corrected chi connectivity index (χ3v) is 4.18. The normalized spacial score (nSPS) is 13.9. The molecule has 0 heterocycles. The van der Waals surface area contributed by atoms with Gasteiger partial charge in [-0.3, -0.25) is 4.79 Å². The molecule has 0 aromatic heterocycles. The lowest BCUT2D eigenvalue weighted by Crippen LogP contribution is -2.55. The maximum Gasteiger partial charge on any atom is 0.304 e. The zero-order valence-electron chi connectivity index (χ0n) is 11.9. The summed E-state index contributed by atoms with van der Waals surface area (Å²) in [5, 5.41) is 8.68. The van der Waals surface area contributed by atoms with Gasteiger partial charge in [-0.05, 0) is 41.5 Å². The van der Waals surface area contributed by atoms with Crippen LogP contribution in [0, 0.1) is 0 Å². The predicted octanol–water partition coefficient (Wildman–Crippen LogP) is 1.19. The Morgan fingerprint density at radius 3 is 1.89 bits per heavy atom. The second-order valence-electron chi connectivity index (χ2n) is 6.24. The van der Waals surface area contributed by atoms with Crippen molar-refractivity contribution in [1.29, 1.82) is 0 Å². The number of carboxylic acids is 1. The second-order valence-corrected chi connectivity index (χ2v) is 7.84. The van der Waals surface area contributed by atoms with Crippen LogP contribution in [0.15, 0.2) is 0 Å². The lowest BCUT2D eigenvalue weighted by atomic mass is 10.1. The Bertz CT molecular complexity index is 390. The molecular weight excluding hydrogens is 256 g/mol. The minimum Gasteiger partial charge on any atom is -0.481 e. The molecule has 0 saturated heterocycles. The van der Waals surface area contributed by atoms with Gasteiger partial charge in [0.05, 0.1) is 6.42 Å². The summed E-state index contributed by atoms with van der Waals surface area (Å²) < 4.78 is 28.2. The zero-order valence-corrected chi connectivity index (χ0v) is 12.8. The molecule has 0 aliphatic heterocycles. The summed E-state index contributed by atoms with van der Waals surface area (Å²) in [4.78, 5) is 10.6. The van der Waals surface area contributed by atoms with Crippen LogP contribution in [0.3, 0.4) is 0 Å². The molecule has 0 atom stereocenters. The van der Waals surface area contributed by atoms with E-state index in [1.165, 1.54) is 4.31 Å². The first-order valence-corrected chi connectivity index (χ1v) is 7.23. The molecule has 0 rings (SSSR count). The largest absolute Gasteiger partial charge is 0.481 e. The van der Waals surface area contributed by atoms with Crippen molar-refractivity contribution >= 4 is 16.2 Å². The van der Waals surface area contributed by atoms with E-state index in [1.54, 1.807) is 41.5 Å². The van der Waals surface area contributed by atoms with Gasteiger partial charge in [-0.15, -0.1) is 0 Å². The van der Waals surface area contributed by atoms with E-state index in [4.69, 9.17) is 5.11 Å². The van der Waals surface area contributed by atoms with Gasteiger partial charge in [0.2, 0.25) is 0 Å². The second kappa shape index (κ2) is 5.54. The summed E-state index contributed by atoms with van der Waals surface area (Å²) >= 11 is 0. The maximum atomic E-state index is 12.2. The number of carboxylic acid groups (broad SMARTS) is 1. The van der Waals surface area contributed by atoms with Gasteiger partial charge in [0.25, 0.3) is 10.2 Å². The maximum absolute atomic E-state index is 12.2. The summed E-state index contributed by atoms with van der Waals surface area (Å²) in [5.41, 5.74) is -1.28. The summed E-state index contributed by atoms with van der Waals surface area (Å²) in [5.74, 6) is -1.02. The van der Waals surface area contributed by atoms with E-state index in [-0.39, 0.29) is 13.0 Å². The van der Waals surface area contributed by atoms with E-state index in [1.807, 2.05) is 0 Å². The molecular formula is C11H24N2O4S. The Morgan fingerprint density at radius 2 is 1.61 bits per heavy atom. The van der Waals surface area contributed by atoms with Crippen LogP contribution >= 0.6 is 0 Å². The number of hydrogen-bond donors (Lipinski definition) is 2. The van der Waals surface area contributed by atoms with Crippen LogP contribution in [-0.4, -0.2) is 41.4 Å². The fourth-order valence-corrected chi connectivity index (χ4v) is 3.39. The summed E-state index contributed by atoms with van der Waals surface area (Å²) in [6.45, 7) is 10.4. The first-order chi connectivity index (χ1) is 7.76. The summed E-state index contributed by atoms with van der Waals surface area (Å²) in [6, 6.07) is 0. The van der Waals surface area contributed by atoms with Crippen LogP contribution in [0.5, 0.6) is 0 Å². The minimum absolute atomic E-state index is 0.0513. The molecule has 0 unspecified atom stereocenters. The molecule has 0 aliphatic rings.